The van der Waals surface area contributed by atoms with Crippen LogP contribution in [0.3, 0.4) is 0 Å². The zero-order chi connectivity index (χ0) is 11.0. The molecule has 0 radical (unpaired) electrons. The Labute approximate surface area is 86.3 Å². The van der Waals surface area contributed by atoms with Gasteiger partial charge in [0.2, 0.25) is 0 Å². The summed E-state index contributed by atoms with van der Waals surface area (Å²) in [4.78, 5) is 12.3. The molecule has 0 saturated heterocycles. The van der Waals surface area contributed by atoms with Gasteiger partial charge in [-0.2, -0.15) is 0 Å². The Morgan fingerprint density at radius 3 is 2.57 bits per heavy atom. The van der Waals surface area contributed by atoms with Crippen LogP contribution in [-0.4, -0.2) is 49.2 Å². The van der Waals surface area contributed by atoms with Gasteiger partial charge in [-0.15, -0.1) is 0 Å². The van der Waals surface area contributed by atoms with E-state index in [4.69, 9.17) is 5.11 Å². The Morgan fingerprint density at radius 1 is 1.43 bits per heavy atom. The lowest BCUT2D eigenvalue weighted by atomic mass is 10.2. The second-order valence-corrected chi connectivity index (χ2v) is 3.97. The van der Waals surface area contributed by atoms with E-state index in [-0.39, 0.29) is 6.42 Å². The highest BCUT2D eigenvalue weighted by Gasteiger charge is 2.02. The van der Waals surface area contributed by atoms with Gasteiger partial charge < -0.3 is 15.3 Å². The molecule has 0 rings (SSSR count). The van der Waals surface area contributed by atoms with E-state index < -0.39 is 5.97 Å². The van der Waals surface area contributed by atoms with Crippen molar-refractivity contribution in [2.24, 2.45) is 0 Å². The van der Waals surface area contributed by atoms with Crippen LogP contribution in [0.15, 0.2) is 0 Å². The molecule has 4 nitrogen and oxygen atoms in total. The summed E-state index contributed by atoms with van der Waals surface area (Å²) in [5, 5.41) is 11.8. The molecular weight excluding hydrogens is 180 g/mol. The van der Waals surface area contributed by atoms with Crippen LogP contribution in [0.4, 0.5) is 0 Å². The lowest BCUT2D eigenvalue weighted by molar-refractivity contribution is -0.137. The highest BCUT2D eigenvalue weighted by atomic mass is 16.4. The van der Waals surface area contributed by atoms with E-state index in [2.05, 4.69) is 17.1 Å². The molecule has 0 aliphatic heterocycles. The summed E-state index contributed by atoms with van der Waals surface area (Å²) in [6.45, 7) is 4.05. The molecule has 0 aromatic rings. The number of aliphatic carboxylic acids is 1. The fourth-order valence-electron chi connectivity index (χ4n) is 1.36. The first kappa shape index (κ1) is 13.4. The van der Waals surface area contributed by atoms with Gasteiger partial charge in [0.25, 0.3) is 0 Å². The van der Waals surface area contributed by atoms with Crippen molar-refractivity contribution in [2.75, 3.05) is 27.2 Å². The van der Waals surface area contributed by atoms with Crippen molar-refractivity contribution in [3.8, 4) is 0 Å². The summed E-state index contributed by atoms with van der Waals surface area (Å²) in [6.07, 6.45) is 1.98. The van der Waals surface area contributed by atoms with Gasteiger partial charge in [-0.1, -0.05) is 0 Å². The number of likely N-dealkylation sites (N-methyl/N-ethyl adjacent to an activating group) is 1. The highest BCUT2D eigenvalue weighted by Crippen LogP contribution is 1.94. The van der Waals surface area contributed by atoms with Gasteiger partial charge in [0.05, 0.1) is 0 Å². The second kappa shape index (κ2) is 7.76. The first-order chi connectivity index (χ1) is 6.52. The second-order valence-electron chi connectivity index (χ2n) is 3.97. The highest BCUT2D eigenvalue weighted by molar-refractivity contribution is 5.66. The van der Waals surface area contributed by atoms with Crippen LogP contribution in [0.5, 0.6) is 0 Å². The minimum atomic E-state index is -0.702. The topological polar surface area (TPSA) is 52.6 Å². The predicted molar refractivity (Wildman–Crippen MR) is 57.5 cm³/mol. The molecule has 1 atom stereocenters. The molecule has 0 spiro atoms. The minimum absolute atomic E-state index is 0.281. The fourth-order valence-corrected chi connectivity index (χ4v) is 1.36. The molecule has 0 aromatic heterocycles. The average Bonchev–Trinajstić information content (AvgIpc) is 2.01. The van der Waals surface area contributed by atoms with Crippen LogP contribution >= 0.6 is 0 Å². The first-order valence-corrected chi connectivity index (χ1v) is 5.12. The standard InChI is InChI=1S/C10H22N2O2/c1-9(8-12(2)3)11-7-5-4-6-10(13)14/h9,11H,4-8H2,1-3H3,(H,13,14). The molecule has 0 aromatic carbocycles. The van der Waals surface area contributed by atoms with Crippen LogP contribution in [0, 0.1) is 0 Å². The molecule has 0 amide bonds. The van der Waals surface area contributed by atoms with Gasteiger partial charge in [0.1, 0.15) is 0 Å². The maximum atomic E-state index is 10.2. The molecule has 2 N–H and O–H groups in total. The third kappa shape index (κ3) is 9.48. The summed E-state index contributed by atoms with van der Waals surface area (Å²) in [5.41, 5.74) is 0. The third-order valence-corrected chi connectivity index (χ3v) is 1.95. The third-order valence-electron chi connectivity index (χ3n) is 1.95. The maximum absolute atomic E-state index is 10.2. The van der Waals surface area contributed by atoms with Gasteiger partial charge in [0, 0.05) is 19.0 Å². The van der Waals surface area contributed by atoms with Crippen molar-refractivity contribution in [3.05, 3.63) is 0 Å². The van der Waals surface area contributed by atoms with Crippen molar-refractivity contribution >= 4 is 5.97 Å². The molecule has 4 heteroatoms. The molecule has 0 aliphatic carbocycles. The average molecular weight is 202 g/mol. The van der Waals surface area contributed by atoms with E-state index in [0.29, 0.717) is 6.04 Å². The van der Waals surface area contributed by atoms with Gasteiger partial charge in [-0.3, -0.25) is 4.79 Å². The minimum Gasteiger partial charge on any atom is -0.481 e. The number of carbonyl (C=O) groups is 1. The zero-order valence-corrected chi connectivity index (χ0v) is 9.42. The summed E-state index contributed by atoms with van der Waals surface area (Å²) >= 11 is 0. The number of hydrogen-bond donors (Lipinski definition) is 2. The summed E-state index contributed by atoms with van der Waals surface area (Å²) in [7, 11) is 4.09. The number of hydrogen-bond acceptors (Lipinski definition) is 3. The fraction of sp³-hybridized carbons (Fsp3) is 0.900. The maximum Gasteiger partial charge on any atom is 0.303 e. The molecule has 0 heterocycles. The number of nitrogens with zero attached hydrogens (tertiary/aromatic N) is 1. The van der Waals surface area contributed by atoms with Crippen molar-refractivity contribution in [2.45, 2.75) is 32.2 Å². The summed E-state index contributed by atoms with van der Waals surface area (Å²) < 4.78 is 0. The zero-order valence-electron chi connectivity index (χ0n) is 9.42. The lowest BCUT2D eigenvalue weighted by Crippen LogP contribution is -2.36. The van der Waals surface area contributed by atoms with E-state index in [1.165, 1.54) is 0 Å². The summed E-state index contributed by atoms with van der Waals surface area (Å²) in [6, 6.07) is 0.467. The van der Waals surface area contributed by atoms with Gasteiger partial charge >= 0.3 is 5.97 Å². The Bertz CT molecular complexity index is 160. The molecule has 0 saturated carbocycles. The number of carboxylic acid groups (broad SMARTS) is 1. The lowest BCUT2D eigenvalue weighted by Gasteiger charge is -2.18. The van der Waals surface area contributed by atoms with Gasteiger partial charge in [-0.05, 0) is 40.4 Å². The molecular formula is C10H22N2O2. The first-order valence-electron chi connectivity index (χ1n) is 5.12. The quantitative estimate of drug-likeness (QED) is 0.571. The van der Waals surface area contributed by atoms with Crippen molar-refractivity contribution in [1.82, 2.24) is 10.2 Å². The molecule has 0 bridgehead atoms. The summed E-state index contributed by atoms with van der Waals surface area (Å²) in [5.74, 6) is -0.702. The van der Waals surface area contributed by atoms with Gasteiger partial charge in [-0.25, -0.2) is 0 Å². The predicted octanol–water partition coefficient (Wildman–Crippen LogP) is 0.781. The van der Waals surface area contributed by atoms with E-state index >= 15 is 0 Å². The molecule has 1 unspecified atom stereocenters. The van der Waals surface area contributed by atoms with Crippen LogP contribution < -0.4 is 5.32 Å². The van der Waals surface area contributed by atoms with E-state index in [1.807, 2.05) is 14.1 Å². The molecule has 0 fully saturated rings. The van der Waals surface area contributed by atoms with Crippen LogP contribution in [0.1, 0.15) is 26.2 Å². The van der Waals surface area contributed by atoms with Crippen LogP contribution in [0.2, 0.25) is 0 Å². The van der Waals surface area contributed by atoms with E-state index in [0.717, 1.165) is 25.9 Å². The molecule has 14 heavy (non-hydrogen) atoms. The molecule has 84 valence electrons. The number of nitrogens with one attached hydrogen (secondary N) is 1. The van der Waals surface area contributed by atoms with E-state index in [1.54, 1.807) is 0 Å². The normalized spacial score (nSPS) is 13.1. The largest absolute Gasteiger partial charge is 0.481 e. The SMILES string of the molecule is CC(CN(C)C)NCCCCC(=O)O. The van der Waals surface area contributed by atoms with Crippen molar-refractivity contribution < 1.29 is 9.90 Å². The Morgan fingerprint density at radius 2 is 2.07 bits per heavy atom. The number of rotatable bonds is 8. The Kier molecular flexibility index (Phi) is 7.42. The molecule has 0 aliphatic rings. The number of unbranched alkanes of at least 4 members (excludes halogenated alkanes) is 1. The van der Waals surface area contributed by atoms with Crippen LogP contribution in [0.25, 0.3) is 0 Å². The van der Waals surface area contributed by atoms with Gasteiger partial charge in [0.15, 0.2) is 0 Å². The smallest absolute Gasteiger partial charge is 0.303 e. The van der Waals surface area contributed by atoms with Crippen molar-refractivity contribution in [1.29, 1.82) is 0 Å². The number of carboxylic acids is 1. The monoisotopic (exact) mass is 202 g/mol. The Hall–Kier alpha value is -0.610. The Balaban J connectivity index is 3.23. The van der Waals surface area contributed by atoms with E-state index in [9.17, 15) is 4.79 Å². The van der Waals surface area contributed by atoms with Crippen molar-refractivity contribution in [3.63, 3.8) is 0 Å². The van der Waals surface area contributed by atoms with Crippen LogP contribution in [-0.2, 0) is 4.79 Å².